The first-order chi connectivity index (χ1) is 12.7. The molecular weight excluding hydrogens is 330 g/mol. The quantitative estimate of drug-likeness (QED) is 0.763. The molecule has 2 aromatic rings. The third-order valence-corrected chi connectivity index (χ3v) is 4.33. The molecule has 3 amide bonds. The standard InChI is InChI=1S/C19H23N5O2/c25-18(23-19(26)22-16-6-2-1-3-7-16)8-11-24-12-10-21-14-17(24)15-5-4-9-20-13-15/h1-7,9,13,17,21H,8,10-12,14H2,(H2,22,23,25,26). The van der Waals surface area contributed by atoms with E-state index < -0.39 is 6.03 Å². The molecule has 26 heavy (non-hydrogen) atoms. The van der Waals surface area contributed by atoms with E-state index in [9.17, 15) is 9.59 Å². The third-order valence-electron chi connectivity index (χ3n) is 4.33. The van der Waals surface area contributed by atoms with Crippen molar-refractivity contribution in [3.8, 4) is 0 Å². The van der Waals surface area contributed by atoms with Crippen molar-refractivity contribution in [1.82, 2.24) is 20.5 Å². The lowest BCUT2D eigenvalue weighted by atomic mass is 10.1. The molecule has 3 rings (SSSR count). The lowest BCUT2D eigenvalue weighted by molar-refractivity contribution is -0.120. The van der Waals surface area contributed by atoms with Gasteiger partial charge in [-0.1, -0.05) is 24.3 Å². The number of para-hydroxylation sites is 1. The van der Waals surface area contributed by atoms with Gasteiger partial charge in [-0.05, 0) is 23.8 Å². The molecule has 0 spiro atoms. The first-order valence-corrected chi connectivity index (χ1v) is 8.73. The Labute approximate surface area is 152 Å². The van der Waals surface area contributed by atoms with Gasteiger partial charge < -0.3 is 10.6 Å². The Balaban J connectivity index is 1.49. The average molecular weight is 353 g/mol. The Kier molecular flexibility index (Phi) is 6.29. The number of carbonyl (C=O) groups is 2. The SMILES string of the molecule is O=C(CCN1CCNCC1c1cccnc1)NC(=O)Nc1ccccc1. The molecule has 1 atom stereocenters. The van der Waals surface area contributed by atoms with Crippen molar-refractivity contribution in [2.24, 2.45) is 0 Å². The van der Waals surface area contributed by atoms with Crippen LogP contribution in [0.1, 0.15) is 18.0 Å². The van der Waals surface area contributed by atoms with Crippen molar-refractivity contribution >= 4 is 17.6 Å². The number of amides is 3. The fraction of sp³-hybridized carbons (Fsp3) is 0.316. The van der Waals surface area contributed by atoms with Crippen LogP contribution >= 0.6 is 0 Å². The van der Waals surface area contributed by atoms with Crippen LogP contribution in [0.2, 0.25) is 0 Å². The number of urea groups is 1. The van der Waals surface area contributed by atoms with E-state index in [0.717, 1.165) is 25.2 Å². The van der Waals surface area contributed by atoms with Crippen molar-refractivity contribution < 1.29 is 9.59 Å². The number of hydrogen-bond donors (Lipinski definition) is 3. The highest BCUT2D eigenvalue weighted by Crippen LogP contribution is 2.21. The number of carbonyl (C=O) groups excluding carboxylic acids is 2. The van der Waals surface area contributed by atoms with E-state index >= 15 is 0 Å². The van der Waals surface area contributed by atoms with Crippen molar-refractivity contribution in [2.75, 3.05) is 31.5 Å². The van der Waals surface area contributed by atoms with Crippen LogP contribution in [0.15, 0.2) is 54.9 Å². The third kappa shape index (κ3) is 5.11. The van der Waals surface area contributed by atoms with E-state index in [-0.39, 0.29) is 18.4 Å². The van der Waals surface area contributed by atoms with Crippen LogP contribution in [0, 0.1) is 0 Å². The highest BCUT2D eigenvalue weighted by atomic mass is 16.2. The summed E-state index contributed by atoms with van der Waals surface area (Å²) in [5, 5.41) is 8.40. The monoisotopic (exact) mass is 353 g/mol. The summed E-state index contributed by atoms with van der Waals surface area (Å²) in [5.41, 5.74) is 1.78. The summed E-state index contributed by atoms with van der Waals surface area (Å²) in [7, 11) is 0. The second-order valence-electron chi connectivity index (χ2n) is 6.16. The van der Waals surface area contributed by atoms with Crippen LogP contribution in [-0.2, 0) is 4.79 Å². The highest BCUT2D eigenvalue weighted by molar-refractivity contribution is 6.01. The van der Waals surface area contributed by atoms with Gasteiger partial charge in [0.15, 0.2) is 0 Å². The Morgan fingerprint density at radius 1 is 1.19 bits per heavy atom. The van der Waals surface area contributed by atoms with Gasteiger partial charge in [0.2, 0.25) is 5.91 Å². The highest BCUT2D eigenvalue weighted by Gasteiger charge is 2.24. The molecule has 7 heteroatoms. The molecule has 2 heterocycles. The normalized spacial score (nSPS) is 17.5. The Bertz CT molecular complexity index is 723. The zero-order valence-corrected chi connectivity index (χ0v) is 14.5. The van der Waals surface area contributed by atoms with Crippen LogP contribution in [0.5, 0.6) is 0 Å². The molecule has 136 valence electrons. The summed E-state index contributed by atoms with van der Waals surface area (Å²) in [4.78, 5) is 30.4. The van der Waals surface area contributed by atoms with Crippen LogP contribution in [0.3, 0.4) is 0 Å². The fourth-order valence-corrected chi connectivity index (χ4v) is 3.03. The molecule has 1 aliphatic heterocycles. The minimum atomic E-state index is -0.509. The van der Waals surface area contributed by atoms with Gasteiger partial charge in [0.05, 0.1) is 0 Å². The first kappa shape index (κ1) is 18.0. The van der Waals surface area contributed by atoms with Gasteiger partial charge in [0.25, 0.3) is 0 Å². The number of benzene rings is 1. The molecule has 1 aromatic heterocycles. The smallest absolute Gasteiger partial charge is 0.314 e. The minimum Gasteiger partial charge on any atom is -0.314 e. The Morgan fingerprint density at radius 2 is 2.04 bits per heavy atom. The predicted octanol–water partition coefficient (Wildman–Crippen LogP) is 1.77. The van der Waals surface area contributed by atoms with E-state index in [1.54, 1.807) is 18.3 Å². The number of anilines is 1. The summed E-state index contributed by atoms with van der Waals surface area (Å²) in [5.74, 6) is -0.290. The molecule has 1 aliphatic rings. The molecule has 0 radical (unpaired) electrons. The van der Waals surface area contributed by atoms with Gasteiger partial charge in [-0.3, -0.25) is 20.0 Å². The summed E-state index contributed by atoms with van der Waals surface area (Å²) in [6.07, 6.45) is 3.87. The molecule has 3 N–H and O–H groups in total. The largest absolute Gasteiger partial charge is 0.325 e. The van der Waals surface area contributed by atoms with Crippen molar-refractivity contribution in [3.05, 3.63) is 60.4 Å². The number of imide groups is 1. The summed E-state index contributed by atoms with van der Waals surface area (Å²) in [6, 6.07) is 12.7. The molecule has 0 aliphatic carbocycles. The Morgan fingerprint density at radius 3 is 2.81 bits per heavy atom. The van der Waals surface area contributed by atoms with E-state index in [2.05, 4.69) is 25.8 Å². The number of pyridine rings is 1. The van der Waals surface area contributed by atoms with Crippen LogP contribution in [0.4, 0.5) is 10.5 Å². The van der Waals surface area contributed by atoms with E-state index in [1.165, 1.54) is 0 Å². The van der Waals surface area contributed by atoms with E-state index in [1.807, 2.05) is 36.5 Å². The Hall–Kier alpha value is -2.77. The van der Waals surface area contributed by atoms with Crippen molar-refractivity contribution in [2.45, 2.75) is 12.5 Å². The number of nitrogens with one attached hydrogen (secondary N) is 3. The van der Waals surface area contributed by atoms with E-state index in [4.69, 9.17) is 0 Å². The molecule has 7 nitrogen and oxygen atoms in total. The molecule has 1 aromatic carbocycles. The maximum Gasteiger partial charge on any atom is 0.325 e. The summed E-state index contributed by atoms with van der Waals surface area (Å²) >= 11 is 0. The number of rotatable bonds is 5. The van der Waals surface area contributed by atoms with Crippen molar-refractivity contribution in [3.63, 3.8) is 0 Å². The molecule has 1 fully saturated rings. The summed E-state index contributed by atoms with van der Waals surface area (Å²) in [6.45, 7) is 3.14. The molecule has 0 bridgehead atoms. The maximum atomic E-state index is 12.1. The van der Waals surface area contributed by atoms with Crippen LogP contribution in [-0.4, -0.2) is 48.0 Å². The second-order valence-corrected chi connectivity index (χ2v) is 6.16. The predicted molar refractivity (Wildman–Crippen MR) is 99.6 cm³/mol. The van der Waals surface area contributed by atoms with Crippen molar-refractivity contribution in [1.29, 1.82) is 0 Å². The zero-order valence-electron chi connectivity index (χ0n) is 14.5. The lowest BCUT2D eigenvalue weighted by Gasteiger charge is -2.36. The number of hydrogen-bond acceptors (Lipinski definition) is 5. The van der Waals surface area contributed by atoms with Gasteiger partial charge in [-0.2, -0.15) is 0 Å². The summed E-state index contributed by atoms with van der Waals surface area (Å²) < 4.78 is 0. The van der Waals surface area contributed by atoms with Gasteiger partial charge in [0, 0.05) is 56.7 Å². The minimum absolute atomic E-state index is 0.184. The zero-order chi connectivity index (χ0) is 18.2. The first-order valence-electron chi connectivity index (χ1n) is 8.73. The number of nitrogens with zero attached hydrogens (tertiary/aromatic N) is 2. The number of piperazine rings is 1. The maximum absolute atomic E-state index is 12.1. The molecular formula is C19H23N5O2. The lowest BCUT2D eigenvalue weighted by Crippen LogP contribution is -2.47. The molecule has 1 unspecified atom stereocenters. The molecule has 0 saturated carbocycles. The average Bonchev–Trinajstić information content (AvgIpc) is 2.68. The van der Waals surface area contributed by atoms with Crippen LogP contribution < -0.4 is 16.0 Å². The van der Waals surface area contributed by atoms with Gasteiger partial charge in [0.1, 0.15) is 0 Å². The number of aromatic nitrogens is 1. The van der Waals surface area contributed by atoms with Gasteiger partial charge in [-0.15, -0.1) is 0 Å². The second kappa shape index (κ2) is 9.07. The topological polar surface area (TPSA) is 86.4 Å². The van der Waals surface area contributed by atoms with Crippen LogP contribution in [0.25, 0.3) is 0 Å². The fourth-order valence-electron chi connectivity index (χ4n) is 3.03. The van der Waals surface area contributed by atoms with Gasteiger partial charge in [-0.25, -0.2) is 4.79 Å². The molecule has 1 saturated heterocycles. The van der Waals surface area contributed by atoms with Gasteiger partial charge >= 0.3 is 6.03 Å². The van der Waals surface area contributed by atoms with E-state index in [0.29, 0.717) is 12.2 Å².